The Hall–Kier alpha value is -3.88. The number of carbonyl (C=O) groups is 3. The maximum Gasteiger partial charge on any atom is 0.323 e. The zero-order valence-corrected chi connectivity index (χ0v) is 17.5. The molecule has 2 heterocycles. The van der Waals surface area contributed by atoms with Crippen LogP contribution < -0.4 is 16.3 Å². The van der Waals surface area contributed by atoms with Crippen molar-refractivity contribution in [2.45, 2.75) is 37.9 Å². The van der Waals surface area contributed by atoms with Crippen molar-refractivity contribution in [3.63, 3.8) is 0 Å². The first-order chi connectivity index (χ1) is 15.4. The van der Waals surface area contributed by atoms with Gasteiger partial charge in [-0.2, -0.15) is 0 Å². The number of H-pyrrole nitrogens is 2. The van der Waals surface area contributed by atoms with Crippen LogP contribution in [0.3, 0.4) is 0 Å². The van der Waals surface area contributed by atoms with E-state index < -0.39 is 6.04 Å². The van der Waals surface area contributed by atoms with Gasteiger partial charge in [0.25, 0.3) is 5.91 Å². The van der Waals surface area contributed by atoms with Crippen LogP contribution >= 0.6 is 0 Å². The monoisotopic (exact) mass is 433 g/mol. The quantitative estimate of drug-likeness (QED) is 0.470. The molecule has 3 amide bonds. The molecule has 1 aliphatic heterocycles. The fourth-order valence-corrected chi connectivity index (χ4v) is 4.29. The molecule has 0 bridgehead atoms. The summed E-state index contributed by atoms with van der Waals surface area (Å²) in [7, 11) is 0. The molecular formula is C23H23N5O4. The lowest BCUT2D eigenvalue weighted by Crippen LogP contribution is -2.44. The Morgan fingerprint density at radius 3 is 2.62 bits per heavy atom. The van der Waals surface area contributed by atoms with Crippen molar-refractivity contribution in [3.8, 4) is 0 Å². The van der Waals surface area contributed by atoms with Crippen molar-refractivity contribution in [2.24, 2.45) is 0 Å². The maximum absolute atomic E-state index is 13.0. The van der Waals surface area contributed by atoms with Crippen LogP contribution in [0, 0.1) is 0 Å². The fourth-order valence-electron chi connectivity index (χ4n) is 4.29. The topological polar surface area (TPSA) is 127 Å². The van der Waals surface area contributed by atoms with Gasteiger partial charge in [-0.3, -0.25) is 14.4 Å². The number of aromatic nitrogens is 2. The molecule has 1 fully saturated rings. The number of amides is 3. The lowest BCUT2D eigenvalue weighted by Gasteiger charge is -2.24. The van der Waals surface area contributed by atoms with E-state index in [0.29, 0.717) is 22.2 Å². The first-order valence-corrected chi connectivity index (χ1v) is 10.6. The highest BCUT2D eigenvalue weighted by Crippen LogP contribution is 2.41. The van der Waals surface area contributed by atoms with Crippen molar-refractivity contribution in [1.29, 1.82) is 0 Å². The smallest absolute Gasteiger partial charge is 0.323 e. The van der Waals surface area contributed by atoms with Crippen LogP contribution in [0.15, 0.2) is 47.3 Å². The molecule has 32 heavy (non-hydrogen) atoms. The number of nitrogens with zero attached hydrogens (tertiary/aromatic N) is 1. The molecule has 2 aliphatic rings. The van der Waals surface area contributed by atoms with E-state index in [2.05, 4.69) is 20.6 Å². The minimum Gasteiger partial charge on any atom is -0.348 e. The van der Waals surface area contributed by atoms with Gasteiger partial charge < -0.3 is 25.5 Å². The van der Waals surface area contributed by atoms with Crippen LogP contribution in [0.1, 0.15) is 53.3 Å². The highest BCUT2D eigenvalue weighted by molar-refractivity contribution is 6.05. The van der Waals surface area contributed by atoms with Crippen LogP contribution in [-0.4, -0.2) is 45.2 Å². The summed E-state index contributed by atoms with van der Waals surface area (Å²) in [5.74, 6) is -0.826. The number of benzene rings is 2. The predicted molar refractivity (Wildman–Crippen MR) is 117 cm³/mol. The Morgan fingerprint density at radius 2 is 1.84 bits per heavy atom. The number of nitrogens with one attached hydrogen (secondary N) is 4. The Bertz CT molecular complexity index is 1290. The number of hydrogen-bond donors (Lipinski definition) is 4. The summed E-state index contributed by atoms with van der Waals surface area (Å²) in [6.07, 6.45) is 1.77. The summed E-state index contributed by atoms with van der Waals surface area (Å²) < 4.78 is 0. The van der Waals surface area contributed by atoms with Crippen LogP contribution in [0.2, 0.25) is 0 Å². The summed E-state index contributed by atoms with van der Waals surface area (Å²) in [4.78, 5) is 56.7. The summed E-state index contributed by atoms with van der Waals surface area (Å²) in [5, 5.41) is 5.54. The number of fused-ring (bicyclic) bond motifs is 2. The SMILES string of the molecule is CC(NC(=O)CNC(=O)C1c2ccccc2C(=O)N1C1CC1)c1ccc2[nH]c(=O)[nH]c2c1. The first-order valence-electron chi connectivity index (χ1n) is 10.6. The van der Waals surface area contributed by atoms with Gasteiger partial charge in [0, 0.05) is 11.6 Å². The average molecular weight is 433 g/mol. The van der Waals surface area contributed by atoms with E-state index in [0.717, 1.165) is 18.4 Å². The highest BCUT2D eigenvalue weighted by Gasteiger charge is 2.47. The van der Waals surface area contributed by atoms with E-state index in [4.69, 9.17) is 0 Å². The van der Waals surface area contributed by atoms with E-state index in [-0.39, 0.29) is 42.0 Å². The van der Waals surface area contributed by atoms with Gasteiger partial charge in [0.15, 0.2) is 0 Å². The van der Waals surface area contributed by atoms with Crippen molar-refractivity contribution < 1.29 is 14.4 Å². The third kappa shape index (κ3) is 3.55. The molecule has 4 N–H and O–H groups in total. The average Bonchev–Trinajstić information content (AvgIpc) is 3.48. The van der Waals surface area contributed by atoms with Crippen LogP contribution in [0.25, 0.3) is 11.0 Å². The number of hydrogen-bond acceptors (Lipinski definition) is 4. The fraction of sp³-hybridized carbons (Fsp3) is 0.304. The third-order valence-electron chi connectivity index (χ3n) is 6.03. The Labute approximate surface area is 183 Å². The Kier molecular flexibility index (Phi) is 4.80. The molecule has 0 saturated heterocycles. The second-order valence-corrected chi connectivity index (χ2v) is 8.32. The van der Waals surface area contributed by atoms with E-state index in [1.807, 2.05) is 19.1 Å². The Morgan fingerprint density at radius 1 is 1.09 bits per heavy atom. The number of carbonyl (C=O) groups excluding carboxylic acids is 3. The zero-order valence-electron chi connectivity index (χ0n) is 17.5. The van der Waals surface area contributed by atoms with Crippen LogP contribution in [-0.2, 0) is 9.59 Å². The van der Waals surface area contributed by atoms with Gasteiger partial charge in [-0.1, -0.05) is 24.3 Å². The molecule has 2 unspecified atom stereocenters. The van der Waals surface area contributed by atoms with E-state index in [1.54, 1.807) is 35.2 Å². The molecule has 9 heteroatoms. The molecule has 0 spiro atoms. The van der Waals surface area contributed by atoms with Crippen molar-refractivity contribution in [2.75, 3.05) is 6.54 Å². The molecule has 1 aliphatic carbocycles. The minimum absolute atomic E-state index is 0.0780. The standard InChI is InChI=1S/C23H23N5O4/c1-12(13-6-9-17-18(10-13)27-23(32)26-17)25-19(29)11-24-21(30)20-15-4-2-3-5-16(15)22(31)28(20)14-7-8-14/h2-6,9-10,12,14,20H,7-8,11H2,1H3,(H,24,30)(H,25,29)(H2,26,27,32). The summed E-state index contributed by atoms with van der Waals surface area (Å²) in [6, 6.07) is 11.6. The molecule has 9 nitrogen and oxygen atoms in total. The maximum atomic E-state index is 13.0. The van der Waals surface area contributed by atoms with Gasteiger partial charge in [0.2, 0.25) is 11.8 Å². The van der Waals surface area contributed by atoms with E-state index in [9.17, 15) is 19.2 Å². The second kappa shape index (κ2) is 7.67. The molecule has 1 saturated carbocycles. The van der Waals surface area contributed by atoms with E-state index in [1.165, 1.54) is 0 Å². The highest BCUT2D eigenvalue weighted by atomic mass is 16.2. The number of rotatable bonds is 6. The first kappa shape index (κ1) is 20.0. The molecule has 0 radical (unpaired) electrons. The zero-order chi connectivity index (χ0) is 22.4. The second-order valence-electron chi connectivity index (χ2n) is 8.32. The summed E-state index contributed by atoms with van der Waals surface area (Å²) >= 11 is 0. The van der Waals surface area contributed by atoms with Gasteiger partial charge in [-0.25, -0.2) is 4.79 Å². The van der Waals surface area contributed by atoms with Crippen LogP contribution in [0.4, 0.5) is 0 Å². The minimum atomic E-state index is -0.704. The largest absolute Gasteiger partial charge is 0.348 e. The van der Waals surface area contributed by atoms with Gasteiger partial charge in [-0.15, -0.1) is 0 Å². The van der Waals surface area contributed by atoms with Crippen molar-refractivity contribution >= 4 is 28.8 Å². The van der Waals surface area contributed by atoms with Gasteiger partial charge in [-0.05, 0) is 49.1 Å². The number of aromatic amines is 2. The van der Waals surface area contributed by atoms with Crippen molar-refractivity contribution in [1.82, 2.24) is 25.5 Å². The lowest BCUT2D eigenvalue weighted by atomic mass is 10.0. The normalized spacial score (nSPS) is 18.5. The van der Waals surface area contributed by atoms with Crippen molar-refractivity contribution in [3.05, 3.63) is 69.6 Å². The molecule has 5 rings (SSSR count). The molecule has 1 aromatic heterocycles. The van der Waals surface area contributed by atoms with E-state index >= 15 is 0 Å². The predicted octanol–water partition coefficient (Wildman–Crippen LogP) is 1.51. The van der Waals surface area contributed by atoms with Gasteiger partial charge >= 0.3 is 5.69 Å². The van der Waals surface area contributed by atoms with Crippen LogP contribution in [0.5, 0.6) is 0 Å². The van der Waals surface area contributed by atoms with Gasteiger partial charge in [0.1, 0.15) is 6.04 Å². The molecule has 164 valence electrons. The molecule has 3 aromatic rings. The summed E-state index contributed by atoms with van der Waals surface area (Å²) in [5.41, 5.74) is 3.12. The summed E-state index contributed by atoms with van der Waals surface area (Å²) in [6.45, 7) is 1.63. The Balaban J connectivity index is 1.23. The molecule has 2 atom stereocenters. The third-order valence-corrected chi connectivity index (χ3v) is 6.03. The van der Waals surface area contributed by atoms with Gasteiger partial charge in [0.05, 0.1) is 23.6 Å². The molecule has 2 aromatic carbocycles. The molecular weight excluding hydrogens is 410 g/mol. The lowest BCUT2D eigenvalue weighted by molar-refractivity contribution is -0.129. The number of imidazole rings is 1.